The van der Waals surface area contributed by atoms with Gasteiger partial charge in [-0.15, -0.1) is 0 Å². The number of hydrogen-bond acceptors (Lipinski definition) is 3. The van der Waals surface area contributed by atoms with Crippen LogP contribution in [0.1, 0.15) is 22.3 Å². The molecule has 0 N–H and O–H groups in total. The molecule has 2 aromatic heterocycles. The van der Waals surface area contributed by atoms with Crippen LogP contribution in [0.3, 0.4) is 0 Å². The quantitative estimate of drug-likeness (QED) is 0.170. The van der Waals surface area contributed by atoms with Crippen LogP contribution in [0.4, 0.5) is 17.1 Å². The zero-order chi connectivity index (χ0) is 38.2. The van der Waals surface area contributed by atoms with Crippen LogP contribution in [-0.4, -0.2) is 0 Å². The van der Waals surface area contributed by atoms with Crippen LogP contribution in [0.25, 0.3) is 66.1 Å². The number of fused-ring (bicyclic) bond motifs is 9. The van der Waals surface area contributed by atoms with Crippen molar-refractivity contribution in [1.82, 2.24) is 0 Å². The van der Waals surface area contributed by atoms with E-state index in [4.69, 9.17) is 8.83 Å². The summed E-state index contributed by atoms with van der Waals surface area (Å²) in [5, 5.41) is 4.46. The maximum Gasteiger partial charge on any atom is 0.136 e. The minimum absolute atomic E-state index is 0.472. The van der Waals surface area contributed by atoms with E-state index in [0.717, 1.165) is 72.1 Å². The lowest BCUT2D eigenvalue weighted by Gasteiger charge is -2.33. The topological polar surface area (TPSA) is 29.5 Å². The summed E-state index contributed by atoms with van der Waals surface area (Å²) in [5.41, 5.74) is 16.1. The summed E-state index contributed by atoms with van der Waals surface area (Å²) in [6.45, 7) is 0. The Labute approximate surface area is 335 Å². The zero-order valence-corrected chi connectivity index (χ0v) is 31.5. The van der Waals surface area contributed by atoms with Crippen molar-refractivity contribution in [2.24, 2.45) is 0 Å². The van der Waals surface area contributed by atoms with Crippen LogP contribution in [0.15, 0.2) is 221 Å². The van der Waals surface area contributed by atoms with Gasteiger partial charge in [-0.25, -0.2) is 0 Å². The first-order chi connectivity index (χ1) is 28.7. The third-order valence-corrected chi connectivity index (χ3v) is 12.1. The van der Waals surface area contributed by atoms with Gasteiger partial charge in [-0.05, 0) is 117 Å². The Bertz CT molecular complexity index is 3290. The molecule has 0 bridgehead atoms. The Balaban J connectivity index is 0.961. The maximum atomic E-state index is 6.82. The van der Waals surface area contributed by atoms with Crippen LogP contribution in [0.2, 0.25) is 0 Å². The lowest BCUT2D eigenvalue weighted by Crippen LogP contribution is -2.28. The van der Waals surface area contributed by atoms with Crippen molar-refractivity contribution in [2.75, 3.05) is 4.90 Å². The van der Waals surface area contributed by atoms with Gasteiger partial charge in [0.1, 0.15) is 22.3 Å². The highest BCUT2D eigenvalue weighted by Crippen LogP contribution is 2.57. The Morgan fingerprint density at radius 2 is 0.862 bits per heavy atom. The summed E-state index contributed by atoms with van der Waals surface area (Å²) in [6.07, 6.45) is 0. The first-order valence-corrected chi connectivity index (χ1v) is 19.8. The van der Waals surface area contributed by atoms with Gasteiger partial charge in [0, 0.05) is 38.6 Å². The van der Waals surface area contributed by atoms with Crippen molar-refractivity contribution in [2.45, 2.75) is 5.41 Å². The molecule has 58 heavy (non-hydrogen) atoms. The number of hydrogen-bond donors (Lipinski definition) is 0. The second-order valence-corrected chi connectivity index (χ2v) is 15.2. The van der Waals surface area contributed by atoms with Gasteiger partial charge in [-0.3, -0.25) is 0 Å². The normalized spacial score (nSPS) is 13.0. The largest absolute Gasteiger partial charge is 0.456 e. The monoisotopic (exact) mass is 741 g/mol. The molecule has 3 heteroatoms. The summed E-state index contributed by atoms with van der Waals surface area (Å²) in [6, 6.07) is 76.1. The van der Waals surface area contributed by atoms with Gasteiger partial charge in [0.15, 0.2) is 0 Å². The van der Waals surface area contributed by atoms with Gasteiger partial charge >= 0.3 is 0 Å². The molecule has 272 valence electrons. The highest BCUT2D eigenvalue weighted by atomic mass is 16.3. The first kappa shape index (κ1) is 32.6. The van der Waals surface area contributed by atoms with E-state index in [-0.39, 0.29) is 0 Å². The fourth-order valence-electron chi connectivity index (χ4n) is 9.57. The van der Waals surface area contributed by atoms with E-state index in [0.29, 0.717) is 0 Å². The van der Waals surface area contributed by atoms with E-state index >= 15 is 0 Å². The molecule has 0 aliphatic heterocycles. The first-order valence-electron chi connectivity index (χ1n) is 19.8. The van der Waals surface area contributed by atoms with Crippen LogP contribution < -0.4 is 4.90 Å². The minimum atomic E-state index is -0.472. The molecule has 11 aromatic rings. The molecule has 0 saturated carbocycles. The molecule has 0 atom stereocenters. The molecule has 3 nitrogen and oxygen atoms in total. The van der Waals surface area contributed by atoms with Crippen LogP contribution in [0, 0.1) is 0 Å². The summed E-state index contributed by atoms with van der Waals surface area (Å²) in [5.74, 6) is 0. The average molecular weight is 742 g/mol. The number of para-hydroxylation sites is 2. The smallest absolute Gasteiger partial charge is 0.136 e. The van der Waals surface area contributed by atoms with Crippen molar-refractivity contribution in [3.05, 3.63) is 235 Å². The molecule has 2 heterocycles. The number of nitrogens with zero attached hydrogens (tertiary/aromatic N) is 1. The molecule has 0 spiro atoms. The summed E-state index contributed by atoms with van der Waals surface area (Å²) >= 11 is 0. The molecule has 9 aromatic carbocycles. The molecular formula is C55H35NO2. The van der Waals surface area contributed by atoms with Crippen molar-refractivity contribution in [1.29, 1.82) is 0 Å². The third kappa shape index (κ3) is 4.80. The molecule has 0 fully saturated rings. The lowest BCUT2D eigenvalue weighted by molar-refractivity contribution is 0.666. The fraction of sp³-hybridized carbons (Fsp3) is 0.0182. The minimum Gasteiger partial charge on any atom is -0.456 e. The Hall–Kier alpha value is -7.62. The SMILES string of the molecule is c1ccc(N(c2ccc(-c3ccc4c(c3)oc3cc5c(cc34)-c3ccccc3C5(c3ccccc3)c3ccccc3)cc2)c2ccc3oc4ccccc4c3c2)cc1. The van der Waals surface area contributed by atoms with Crippen LogP contribution >= 0.6 is 0 Å². The van der Waals surface area contributed by atoms with E-state index in [1.807, 2.05) is 12.1 Å². The number of rotatable bonds is 6. The Morgan fingerprint density at radius 3 is 1.64 bits per heavy atom. The highest BCUT2D eigenvalue weighted by molar-refractivity contribution is 6.09. The predicted octanol–water partition coefficient (Wildman–Crippen LogP) is 15.0. The van der Waals surface area contributed by atoms with Gasteiger partial charge in [0.05, 0.1) is 5.41 Å². The van der Waals surface area contributed by atoms with Crippen molar-refractivity contribution in [3.8, 4) is 22.3 Å². The Kier molecular flexibility index (Phi) is 7.14. The second kappa shape index (κ2) is 12.7. The van der Waals surface area contributed by atoms with Crippen LogP contribution in [0.5, 0.6) is 0 Å². The van der Waals surface area contributed by atoms with E-state index in [1.54, 1.807) is 0 Å². The summed E-state index contributed by atoms with van der Waals surface area (Å²) in [4.78, 5) is 2.30. The molecule has 0 unspecified atom stereocenters. The predicted molar refractivity (Wildman–Crippen MR) is 238 cm³/mol. The summed E-state index contributed by atoms with van der Waals surface area (Å²) < 4.78 is 13.0. The van der Waals surface area contributed by atoms with Crippen molar-refractivity contribution >= 4 is 60.9 Å². The molecule has 12 rings (SSSR count). The second-order valence-electron chi connectivity index (χ2n) is 15.2. The van der Waals surface area contributed by atoms with E-state index in [1.165, 1.54) is 33.4 Å². The molecule has 0 saturated heterocycles. The van der Waals surface area contributed by atoms with Crippen molar-refractivity contribution in [3.63, 3.8) is 0 Å². The van der Waals surface area contributed by atoms with Gasteiger partial charge in [-0.2, -0.15) is 0 Å². The number of anilines is 3. The van der Waals surface area contributed by atoms with Gasteiger partial charge in [0.25, 0.3) is 0 Å². The van der Waals surface area contributed by atoms with Gasteiger partial charge < -0.3 is 13.7 Å². The number of benzene rings is 9. The standard InChI is InChI=1S/C55H35NO2/c1-4-14-38(15-5-1)55(39-16-6-2-7-17-39)49-22-12-10-20-43(49)46-34-48-45-30-26-37(32-53(45)58-54(48)35-50(46)55)36-24-27-41(28-25-36)56(40-18-8-3-9-19-40)42-29-31-52-47(33-42)44-21-11-13-23-51(44)57-52/h1-35H. The van der Waals surface area contributed by atoms with E-state index in [2.05, 4.69) is 205 Å². The van der Waals surface area contributed by atoms with E-state index in [9.17, 15) is 0 Å². The zero-order valence-electron chi connectivity index (χ0n) is 31.5. The third-order valence-electron chi connectivity index (χ3n) is 12.1. The average Bonchev–Trinajstić information content (AvgIpc) is 3.94. The molecule has 1 aliphatic rings. The van der Waals surface area contributed by atoms with E-state index < -0.39 is 5.41 Å². The molecule has 1 aliphatic carbocycles. The van der Waals surface area contributed by atoms with Crippen LogP contribution in [-0.2, 0) is 5.41 Å². The summed E-state index contributed by atoms with van der Waals surface area (Å²) in [7, 11) is 0. The van der Waals surface area contributed by atoms with Gasteiger partial charge in [0.2, 0.25) is 0 Å². The molecule has 0 radical (unpaired) electrons. The molecule has 0 amide bonds. The molecular weight excluding hydrogens is 707 g/mol. The highest BCUT2D eigenvalue weighted by Gasteiger charge is 2.46. The Morgan fingerprint density at radius 1 is 0.310 bits per heavy atom. The lowest BCUT2D eigenvalue weighted by atomic mass is 9.67. The maximum absolute atomic E-state index is 6.82. The fourth-order valence-corrected chi connectivity index (χ4v) is 9.57. The van der Waals surface area contributed by atoms with Crippen molar-refractivity contribution < 1.29 is 8.83 Å². The number of furan rings is 2. The van der Waals surface area contributed by atoms with Gasteiger partial charge in [-0.1, -0.05) is 140 Å².